The van der Waals surface area contributed by atoms with Crippen LogP contribution in [0.2, 0.25) is 0 Å². The minimum Gasteiger partial charge on any atom is -0.497 e. The van der Waals surface area contributed by atoms with E-state index in [2.05, 4.69) is 5.32 Å². The van der Waals surface area contributed by atoms with Gasteiger partial charge in [-0.2, -0.15) is 0 Å². The Balaban J connectivity index is 1.63. The lowest BCUT2D eigenvalue weighted by Crippen LogP contribution is -2.27. The third kappa shape index (κ3) is 5.04. The number of nitrogens with zero attached hydrogens (tertiary/aromatic N) is 1. The fourth-order valence-electron chi connectivity index (χ4n) is 3.06. The van der Waals surface area contributed by atoms with Gasteiger partial charge in [-0.3, -0.25) is 14.2 Å². The number of aromatic nitrogens is 1. The van der Waals surface area contributed by atoms with Crippen molar-refractivity contribution in [2.75, 3.05) is 20.8 Å². The van der Waals surface area contributed by atoms with Crippen LogP contribution < -0.4 is 20.3 Å². The van der Waals surface area contributed by atoms with Gasteiger partial charge in [0.2, 0.25) is 0 Å². The van der Waals surface area contributed by atoms with Gasteiger partial charge < -0.3 is 14.8 Å². The lowest BCUT2D eigenvalue weighted by molar-refractivity contribution is 0.0952. The number of amides is 1. The quantitative estimate of drug-likeness (QED) is 0.598. The number of hydrogen-bond donors (Lipinski definition) is 1. The van der Waals surface area contributed by atoms with Crippen LogP contribution in [-0.4, -0.2) is 31.2 Å². The molecule has 3 aromatic rings. The highest BCUT2D eigenvalue weighted by molar-refractivity contribution is 5.93. The fraction of sp³-hybridized carbons (Fsp3) is 0.217. The number of nitrogens with one attached hydrogen (secondary N) is 1. The number of pyridine rings is 1. The van der Waals surface area contributed by atoms with Gasteiger partial charge in [0.15, 0.2) is 0 Å². The van der Waals surface area contributed by atoms with E-state index in [1.807, 2.05) is 24.3 Å². The second-order valence-electron chi connectivity index (χ2n) is 6.50. The Labute approximate surface area is 169 Å². The fourth-order valence-corrected chi connectivity index (χ4v) is 3.06. The molecule has 0 spiro atoms. The average Bonchev–Trinajstić information content (AvgIpc) is 2.77. The predicted octanol–water partition coefficient (Wildman–Crippen LogP) is 3.22. The summed E-state index contributed by atoms with van der Waals surface area (Å²) in [7, 11) is 3.23. The Kier molecular flexibility index (Phi) is 6.68. The molecular formula is C23H24N2O4. The maximum atomic E-state index is 12.5. The number of methoxy groups -OCH3 is 2. The number of carbonyl (C=O) groups excluding carboxylic acids is 1. The van der Waals surface area contributed by atoms with Gasteiger partial charge in [-0.05, 0) is 54.8 Å². The van der Waals surface area contributed by atoms with Gasteiger partial charge in [0.05, 0.1) is 19.8 Å². The topological polar surface area (TPSA) is 69.6 Å². The SMILES string of the molecule is COc1ccc(-n2cc(C(=O)NCCCc3ccccc3OC)ccc2=O)cc1. The van der Waals surface area contributed by atoms with Crippen molar-refractivity contribution >= 4 is 5.91 Å². The molecule has 1 heterocycles. The van der Waals surface area contributed by atoms with E-state index in [-0.39, 0.29) is 11.5 Å². The Morgan fingerprint density at radius 1 is 0.966 bits per heavy atom. The molecule has 0 saturated carbocycles. The van der Waals surface area contributed by atoms with E-state index < -0.39 is 0 Å². The van der Waals surface area contributed by atoms with Crippen LogP contribution in [0.1, 0.15) is 22.3 Å². The Hall–Kier alpha value is -3.54. The molecule has 0 radical (unpaired) electrons. The van der Waals surface area contributed by atoms with Crippen molar-refractivity contribution in [2.24, 2.45) is 0 Å². The van der Waals surface area contributed by atoms with Gasteiger partial charge >= 0.3 is 0 Å². The zero-order chi connectivity index (χ0) is 20.6. The number of aryl methyl sites for hydroxylation is 1. The third-order valence-corrected chi connectivity index (χ3v) is 4.62. The largest absolute Gasteiger partial charge is 0.497 e. The zero-order valence-corrected chi connectivity index (χ0v) is 16.6. The van der Waals surface area contributed by atoms with Crippen molar-refractivity contribution in [3.8, 4) is 17.2 Å². The predicted molar refractivity (Wildman–Crippen MR) is 112 cm³/mol. The number of benzene rings is 2. The molecule has 0 saturated heterocycles. The summed E-state index contributed by atoms with van der Waals surface area (Å²) in [6, 6.07) is 17.9. The second kappa shape index (κ2) is 9.59. The molecule has 150 valence electrons. The second-order valence-corrected chi connectivity index (χ2v) is 6.50. The van der Waals surface area contributed by atoms with E-state index in [1.54, 1.807) is 44.7 Å². The first kappa shape index (κ1) is 20.2. The number of carbonyl (C=O) groups is 1. The molecule has 6 nitrogen and oxygen atoms in total. The molecule has 3 rings (SSSR count). The van der Waals surface area contributed by atoms with Crippen molar-refractivity contribution in [1.82, 2.24) is 9.88 Å². The molecule has 29 heavy (non-hydrogen) atoms. The van der Waals surface area contributed by atoms with Crippen LogP contribution in [0.4, 0.5) is 0 Å². The summed E-state index contributed by atoms with van der Waals surface area (Å²) < 4.78 is 11.9. The first-order valence-corrected chi connectivity index (χ1v) is 9.39. The van der Waals surface area contributed by atoms with Crippen LogP contribution in [0.25, 0.3) is 5.69 Å². The van der Waals surface area contributed by atoms with Crippen LogP contribution in [0, 0.1) is 0 Å². The van der Waals surface area contributed by atoms with E-state index in [0.717, 1.165) is 24.2 Å². The van der Waals surface area contributed by atoms with Crippen LogP contribution in [0.5, 0.6) is 11.5 Å². The van der Waals surface area contributed by atoms with Crippen molar-refractivity contribution in [3.63, 3.8) is 0 Å². The van der Waals surface area contributed by atoms with Gasteiger partial charge in [0.1, 0.15) is 11.5 Å². The molecule has 1 N–H and O–H groups in total. The molecule has 0 unspecified atom stereocenters. The molecule has 0 aliphatic carbocycles. The van der Waals surface area contributed by atoms with E-state index in [0.29, 0.717) is 23.5 Å². The molecule has 0 atom stereocenters. The summed E-state index contributed by atoms with van der Waals surface area (Å²) in [4.78, 5) is 24.7. The maximum Gasteiger partial charge on any atom is 0.255 e. The van der Waals surface area contributed by atoms with E-state index in [1.165, 1.54) is 16.7 Å². The smallest absolute Gasteiger partial charge is 0.255 e. The summed E-state index contributed by atoms with van der Waals surface area (Å²) in [6.07, 6.45) is 3.14. The molecule has 2 aromatic carbocycles. The van der Waals surface area contributed by atoms with Gasteiger partial charge in [-0.1, -0.05) is 18.2 Å². The monoisotopic (exact) mass is 392 g/mol. The number of ether oxygens (including phenoxy) is 2. The van der Waals surface area contributed by atoms with E-state index >= 15 is 0 Å². The van der Waals surface area contributed by atoms with Crippen molar-refractivity contribution in [3.05, 3.63) is 88.3 Å². The Bertz CT molecular complexity index is 1030. The molecule has 0 fully saturated rings. The van der Waals surface area contributed by atoms with Gasteiger partial charge in [-0.25, -0.2) is 0 Å². The summed E-state index contributed by atoms with van der Waals surface area (Å²) in [6.45, 7) is 0.526. The molecule has 1 aromatic heterocycles. The highest BCUT2D eigenvalue weighted by Gasteiger charge is 2.09. The number of hydrogen-bond acceptors (Lipinski definition) is 4. The van der Waals surface area contributed by atoms with Crippen molar-refractivity contribution < 1.29 is 14.3 Å². The standard InChI is InChI=1S/C23H24N2O4/c1-28-20-12-10-19(11-13-20)25-16-18(9-14-22(25)26)23(27)24-15-5-7-17-6-3-4-8-21(17)29-2/h3-4,6,8-14,16H,5,7,15H2,1-2H3,(H,24,27). The summed E-state index contributed by atoms with van der Waals surface area (Å²) in [5.74, 6) is 1.34. The van der Waals surface area contributed by atoms with Crippen LogP contribution in [-0.2, 0) is 6.42 Å². The van der Waals surface area contributed by atoms with E-state index in [4.69, 9.17) is 9.47 Å². The molecular weight excluding hydrogens is 368 g/mol. The van der Waals surface area contributed by atoms with Gasteiger partial charge in [0, 0.05) is 24.5 Å². The minimum atomic E-state index is -0.215. The molecule has 0 bridgehead atoms. The summed E-state index contributed by atoms with van der Waals surface area (Å²) >= 11 is 0. The summed E-state index contributed by atoms with van der Waals surface area (Å²) in [5, 5.41) is 2.91. The number of para-hydroxylation sites is 1. The highest BCUT2D eigenvalue weighted by atomic mass is 16.5. The van der Waals surface area contributed by atoms with Crippen molar-refractivity contribution in [2.45, 2.75) is 12.8 Å². The number of rotatable bonds is 8. The molecule has 0 aliphatic heterocycles. The zero-order valence-electron chi connectivity index (χ0n) is 16.6. The van der Waals surface area contributed by atoms with E-state index in [9.17, 15) is 9.59 Å². The lowest BCUT2D eigenvalue weighted by Gasteiger charge is -2.10. The Morgan fingerprint density at radius 3 is 2.45 bits per heavy atom. The van der Waals surface area contributed by atoms with Crippen LogP contribution in [0.15, 0.2) is 71.7 Å². The first-order chi connectivity index (χ1) is 14.1. The first-order valence-electron chi connectivity index (χ1n) is 9.39. The maximum absolute atomic E-state index is 12.5. The van der Waals surface area contributed by atoms with Gasteiger partial charge in [0.25, 0.3) is 11.5 Å². The molecule has 1 amide bonds. The van der Waals surface area contributed by atoms with Gasteiger partial charge in [-0.15, -0.1) is 0 Å². The average molecular weight is 392 g/mol. The highest BCUT2D eigenvalue weighted by Crippen LogP contribution is 2.18. The normalized spacial score (nSPS) is 10.4. The third-order valence-electron chi connectivity index (χ3n) is 4.62. The van der Waals surface area contributed by atoms with Crippen LogP contribution in [0.3, 0.4) is 0 Å². The van der Waals surface area contributed by atoms with Crippen LogP contribution >= 0.6 is 0 Å². The molecule has 0 aliphatic rings. The molecule has 6 heteroatoms. The lowest BCUT2D eigenvalue weighted by atomic mass is 10.1. The Morgan fingerprint density at radius 2 is 1.72 bits per heavy atom. The summed E-state index contributed by atoms with van der Waals surface area (Å²) in [5.41, 5.74) is 2.00. The van der Waals surface area contributed by atoms with Crippen molar-refractivity contribution in [1.29, 1.82) is 0 Å². The minimum absolute atomic E-state index is 0.206.